The molecule has 1 unspecified atom stereocenters. The summed E-state index contributed by atoms with van der Waals surface area (Å²) in [5.41, 5.74) is 5.59. The third-order valence-corrected chi connectivity index (χ3v) is 6.05. The van der Waals surface area contributed by atoms with E-state index < -0.39 is 45.8 Å². The lowest BCUT2D eigenvalue weighted by Crippen LogP contribution is -2.36. The minimum atomic E-state index is -4.47. The Morgan fingerprint density at radius 2 is 1.28 bits per heavy atom. The fourth-order valence-corrected chi connectivity index (χ4v) is 3.87. The van der Waals surface area contributed by atoms with Crippen molar-refractivity contribution in [3.8, 4) is 0 Å². The van der Waals surface area contributed by atoms with Crippen molar-refractivity contribution in [1.29, 1.82) is 0 Å². The topological polar surface area (TPSA) is 149 Å². The van der Waals surface area contributed by atoms with Gasteiger partial charge < -0.3 is 25.6 Å². The quantitative estimate of drug-likeness (QED) is 0.0966. The molecule has 0 amide bonds. The monoisotopic (exact) mass is 483 g/mol. The second-order valence-electron chi connectivity index (χ2n) is 8.27. The lowest BCUT2D eigenvalue weighted by atomic mass is 10.0. The maximum Gasteiger partial charge on any atom is 0.472 e. The van der Waals surface area contributed by atoms with Crippen LogP contribution in [0.25, 0.3) is 0 Å². The second kappa shape index (κ2) is 21.0. The van der Waals surface area contributed by atoms with E-state index >= 15 is 0 Å². The van der Waals surface area contributed by atoms with E-state index in [0.29, 0.717) is 0 Å². The Kier molecular flexibility index (Phi) is 20.7. The van der Waals surface area contributed by atoms with Crippen molar-refractivity contribution in [1.82, 2.24) is 0 Å². The number of hydrogen-bond acceptors (Lipinski definition) is 8. The maximum atomic E-state index is 11.8. The molecule has 10 heteroatoms. The van der Waals surface area contributed by atoms with Gasteiger partial charge in [-0.2, -0.15) is 0 Å². The Balaban J connectivity index is 3.54. The third-order valence-electron chi connectivity index (χ3n) is 5.10. The minimum absolute atomic E-state index is 0.251. The highest BCUT2D eigenvalue weighted by atomic mass is 31.2. The van der Waals surface area contributed by atoms with E-state index in [9.17, 15) is 14.3 Å². The first kappa shape index (κ1) is 31.5. The van der Waals surface area contributed by atoms with E-state index in [-0.39, 0.29) is 6.61 Å². The zero-order valence-corrected chi connectivity index (χ0v) is 20.7. The van der Waals surface area contributed by atoms with Gasteiger partial charge in [0.1, 0.15) is 12.1 Å². The molecule has 9 nitrogen and oxygen atoms in total. The summed E-state index contributed by atoms with van der Waals surface area (Å²) < 4.78 is 25.7. The standard InChI is InChI=1S/C22H46NO8P/c1-2-3-4-5-6-7-8-9-10-11-12-13-14-15-16-29-22(26)21(23)19-31-32(27,28)30-18-20(25)17-24/h20-21,24-25H,2-19,23H2,1H3,(H,27,28)/t20-,21+/m1/s1. The highest BCUT2D eigenvalue weighted by molar-refractivity contribution is 7.47. The summed E-state index contributed by atoms with van der Waals surface area (Å²) in [5, 5.41) is 17.7. The van der Waals surface area contributed by atoms with Crippen molar-refractivity contribution < 1.29 is 38.3 Å². The molecule has 0 aromatic rings. The van der Waals surface area contributed by atoms with E-state index in [1.165, 1.54) is 70.6 Å². The Morgan fingerprint density at radius 3 is 1.75 bits per heavy atom. The molecule has 3 atom stereocenters. The predicted octanol–water partition coefficient (Wildman–Crippen LogP) is 3.83. The van der Waals surface area contributed by atoms with Gasteiger partial charge in [-0.25, -0.2) is 4.57 Å². The van der Waals surface area contributed by atoms with Crippen molar-refractivity contribution in [2.24, 2.45) is 5.73 Å². The molecular formula is C22H46NO8P. The van der Waals surface area contributed by atoms with Crippen LogP contribution < -0.4 is 5.73 Å². The van der Waals surface area contributed by atoms with Gasteiger partial charge in [0.2, 0.25) is 0 Å². The van der Waals surface area contributed by atoms with Gasteiger partial charge in [0.25, 0.3) is 0 Å². The van der Waals surface area contributed by atoms with Gasteiger partial charge in [-0.05, 0) is 6.42 Å². The maximum absolute atomic E-state index is 11.8. The van der Waals surface area contributed by atoms with Crippen molar-refractivity contribution in [2.75, 3.05) is 26.4 Å². The fourth-order valence-electron chi connectivity index (χ4n) is 3.09. The van der Waals surface area contributed by atoms with Crippen LogP contribution in [0.4, 0.5) is 0 Å². The molecule has 0 aliphatic carbocycles. The molecular weight excluding hydrogens is 437 g/mol. The molecule has 0 aliphatic rings. The molecule has 0 saturated carbocycles. The number of rotatable bonds is 23. The molecule has 0 aromatic carbocycles. The van der Waals surface area contributed by atoms with Crippen molar-refractivity contribution >= 4 is 13.8 Å². The van der Waals surface area contributed by atoms with Crippen LogP contribution in [0, 0.1) is 0 Å². The van der Waals surface area contributed by atoms with Gasteiger partial charge in [-0.3, -0.25) is 13.8 Å². The molecule has 0 aromatic heterocycles. The largest absolute Gasteiger partial charge is 0.472 e. The summed E-state index contributed by atoms with van der Waals surface area (Å²) in [6.07, 6.45) is 16.1. The lowest BCUT2D eigenvalue weighted by Gasteiger charge is -2.16. The third kappa shape index (κ3) is 20.1. The number of nitrogens with two attached hydrogens (primary N) is 1. The van der Waals surface area contributed by atoms with Crippen LogP contribution in [0.15, 0.2) is 0 Å². The molecule has 0 heterocycles. The number of unbranched alkanes of at least 4 members (excludes halogenated alkanes) is 13. The van der Waals surface area contributed by atoms with Crippen LogP contribution in [0.3, 0.4) is 0 Å². The Labute approximate surface area is 193 Å². The van der Waals surface area contributed by atoms with E-state index in [0.717, 1.165) is 19.3 Å². The molecule has 0 spiro atoms. The van der Waals surface area contributed by atoms with Gasteiger partial charge in [0.15, 0.2) is 0 Å². The first-order valence-electron chi connectivity index (χ1n) is 12.2. The fraction of sp³-hybridized carbons (Fsp3) is 0.955. The first-order chi connectivity index (χ1) is 15.3. The van der Waals surface area contributed by atoms with Crippen molar-refractivity contribution in [3.05, 3.63) is 0 Å². The van der Waals surface area contributed by atoms with Crippen LogP contribution in [0.5, 0.6) is 0 Å². The number of esters is 1. The Bertz CT molecular complexity index is 495. The van der Waals surface area contributed by atoms with Gasteiger partial charge in [-0.15, -0.1) is 0 Å². The second-order valence-corrected chi connectivity index (χ2v) is 9.72. The molecule has 0 aliphatic heterocycles. The average Bonchev–Trinajstić information content (AvgIpc) is 2.78. The Hall–Kier alpha value is -0.540. The summed E-state index contributed by atoms with van der Waals surface area (Å²) in [6, 6.07) is -1.21. The minimum Gasteiger partial charge on any atom is -0.464 e. The molecule has 0 radical (unpaired) electrons. The molecule has 0 bridgehead atoms. The van der Waals surface area contributed by atoms with Gasteiger partial charge >= 0.3 is 13.8 Å². The van der Waals surface area contributed by atoms with Crippen LogP contribution in [-0.2, 0) is 23.1 Å². The molecule has 192 valence electrons. The number of phosphoric acid groups is 1. The normalized spacial score (nSPS) is 15.3. The highest BCUT2D eigenvalue weighted by Gasteiger charge is 2.26. The van der Waals surface area contributed by atoms with Crippen LogP contribution >= 0.6 is 7.82 Å². The molecule has 0 saturated heterocycles. The summed E-state index contributed by atoms with van der Waals surface area (Å²) in [5.74, 6) is -0.713. The smallest absolute Gasteiger partial charge is 0.464 e. The number of phosphoric ester groups is 1. The molecule has 5 N–H and O–H groups in total. The van der Waals surface area contributed by atoms with E-state index in [1.807, 2.05) is 0 Å². The number of aliphatic hydroxyl groups excluding tert-OH is 2. The number of hydrogen-bond donors (Lipinski definition) is 4. The molecule has 0 fully saturated rings. The average molecular weight is 484 g/mol. The van der Waals surface area contributed by atoms with Crippen LogP contribution in [0.2, 0.25) is 0 Å². The van der Waals surface area contributed by atoms with Crippen LogP contribution in [-0.4, -0.2) is 59.6 Å². The zero-order valence-electron chi connectivity index (χ0n) is 19.8. The SMILES string of the molecule is CCCCCCCCCCCCCCCCOC(=O)[C@@H](N)COP(=O)(O)OC[C@H](O)CO. The summed E-state index contributed by atoms with van der Waals surface area (Å²) in [4.78, 5) is 21.2. The van der Waals surface area contributed by atoms with Gasteiger partial charge in [-0.1, -0.05) is 90.4 Å². The lowest BCUT2D eigenvalue weighted by molar-refractivity contribution is -0.146. The van der Waals surface area contributed by atoms with Gasteiger partial charge in [0.05, 0.1) is 26.4 Å². The first-order valence-corrected chi connectivity index (χ1v) is 13.6. The van der Waals surface area contributed by atoms with E-state index in [4.69, 9.17) is 20.7 Å². The number of carbonyl (C=O) groups excluding carboxylic acids is 1. The predicted molar refractivity (Wildman–Crippen MR) is 124 cm³/mol. The summed E-state index contributed by atoms with van der Waals surface area (Å²) >= 11 is 0. The highest BCUT2D eigenvalue weighted by Crippen LogP contribution is 2.43. The van der Waals surface area contributed by atoms with Crippen molar-refractivity contribution in [2.45, 2.75) is 109 Å². The number of ether oxygens (including phenoxy) is 1. The van der Waals surface area contributed by atoms with Gasteiger partial charge in [0, 0.05) is 0 Å². The molecule has 32 heavy (non-hydrogen) atoms. The molecule has 0 rings (SSSR count). The van der Waals surface area contributed by atoms with Crippen molar-refractivity contribution in [3.63, 3.8) is 0 Å². The summed E-state index contributed by atoms with van der Waals surface area (Å²) in [6.45, 7) is 0.738. The van der Waals surface area contributed by atoms with E-state index in [2.05, 4.69) is 16.0 Å². The Morgan fingerprint density at radius 1 is 0.844 bits per heavy atom. The zero-order chi connectivity index (χ0) is 24.1. The number of carbonyl (C=O) groups is 1. The number of aliphatic hydroxyl groups is 2. The summed E-state index contributed by atoms with van der Waals surface area (Å²) in [7, 11) is -4.47. The van der Waals surface area contributed by atoms with Crippen LogP contribution in [0.1, 0.15) is 96.8 Å². The van der Waals surface area contributed by atoms with E-state index in [1.54, 1.807) is 0 Å².